The Morgan fingerprint density at radius 1 is 1.08 bits per heavy atom. The number of piperazine rings is 1. The Bertz CT molecular complexity index is 495. The molecule has 4 nitrogen and oxygen atoms in total. The number of nitrogens with zero attached hydrogens (tertiary/aromatic N) is 3. The summed E-state index contributed by atoms with van der Waals surface area (Å²) in [5.74, 6) is 0. The average Bonchev–Trinajstić information content (AvgIpc) is 2.56. The smallest absolute Gasteiger partial charge is 0.314 e. The van der Waals surface area contributed by atoms with Crippen molar-refractivity contribution in [3.8, 4) is 0 Å². The standard InChI is InChI=1S/C16H23F3N4.ClH/c17-16(18,19)15-2-1-13(11-21-15)12-22-7-3-14(4-8-22)23-9-5-20-6-10-23;/h1-2,11,14,20H,3-10,12H2;1H. The summed E-state index contributed by atoms with van der Waals surface area (Å²) in [5, 5.41) is 3.37. The lowest BCUT2D eigenvalue weighted by atomic mass is 10.0. The lowest BCUT2D eigenvalue weighted by Gasteiger charge is -2.40. The minimum absolute atomic E-state index is 0. The lowest BCUT2D eigenvalue weighted by Crippen LogP contribution is -2.51. The first-order chi connectivity index (χ1) is 11.0. The molecule has 1 aromatic rings. The molecule has 3 rings (SSSR count). The molecule has 0 aromatic carbocycles. The van der Waals surface area contributed by atoms with E-state index in [0.29, 0.717) is 12.6 Å². The van der Waals surface area contributed by atoms with Crippen LogP contribution in [0.5, 0.6) is 0 Å². The van der Waals surface area contributed by atoms with Crippen molar-refractivity contribution < 1.29 is 13.2 Å². The molecule has 0 bridgehead atoms. The normalized spacial score (nSPS) is 21.5. The second kappa shape index (κ2) is 8.47. The van der Waals surface area contributed by atoms with Crippen molar-refractivity contribution in [2.45, 2.75) is 31.6 Å². The van der Waals surface area contributed by atoms with E-state index in [9.17, 15) is 13.2 Å². The van der Waals surface area contributed by atoms with E-state index in [-0.39, 0.29) is 12.4 Å². The molecule has 2 aliphatic rings. The highest BCUT2D eigenvalue weighted by Gasteiger charge is 2.32. The minimum atomic E-state index is -4.36. The Kier molecular flexibility index (Phi) is 6.86. The maximum Gasteiger partial charge on any atom is 0.433 e. The first-order valence-corrected chi connectivity index (χ1v) is 8.21. The molecule has 0 spiro atoms. The van der Waals surface area contributed by atoms with Gasteiger partial charge >= 0.3 is 6.18 Å². The molecule has 0 atom stereocenters. The molecule has 3 heterocycles. The minimum Gasteiger partial charge on any atom is -0.314 e. The maximum atomic E-state index is 12.5. The molecule has 0 amide bonds. The Balaban J connectivity index is 0.00000208. The van der Waals surface area contributed by atoms with Gasteiger partial charge in [-0.05, 0) is 37.6 Å². The van der Waals surface area contributed by atoms with Crippen molar-refractivity contribution in [3.63, 3.8) is 0 Å². The van der Waals surface area contributed by atoms with Crippen LogP contribution in [-0.2, 0) is 12.7 Å². The summed E-state index contributed by atoms with van der Waals surface area (Å²) >= 11 is 0. The Morgan fingerprint density at radius 2 is 1.75 bits per heavy atom. The molecule has 136 valence electrons. The van der Waals surface area contributed by atoms with Gasteiger partial charge in [-0.3, -0.25) is 14.8 Å². The molecule has 1 N–H and O–H groups in total. The Labute approximate surface area is 146 Å². The van der Waals surface area contributed by atoms with Crippen LogP contribution in [0.1, 0.15) is 24.1 Å². The van der Waals surface area contributed by atoms with Gasteiger partial charge in [0.05, 0.1) is 0 Å². The number of alkyl halides is 3. The van der Waals surface area contributed by atoms with Gasteiger partial charge in [0, 0.05) is 45.0 Å². The molecular weight excluding hydrogens is 341 g/mol. The van der Waals surface area contributed by atoms with Gasteiger partial charge in [0.15, 0.2) is 0 Å². The van der Waals surface area contributed by atoms with Crippen LogP contribution in [0.25, 0.3) is 0 Å². The van der Waals surface area contributed by atoms with Crippen LogP contribution >= 0.6 is 12.4 Å². The van der Waals surface area contributed by atoms with Gasteiger partial charge in [-0.1, -0.05) is 6.07 Å². The van der Waals surface area contributed by atoms with E-state index in [2.05, 4.69) is 20.1 Å². The van der Waals surface area contributed by atoms with Crippen molar-refractivity contribution in [2.75, 3.05) is 39.3 Å². The van der Waals surface area contributed by atoms with Crippen LogP contribution in [0.3, 0.4) is 0 Å². The summed E-state index contributed by atoms with van der Waals surface area (Å²) < 4.78 is 37.5. The van der Waals surface area contributed by atoms with Crippen LogP contribution in [0.15, 0.2) is 18.3 Å². The molecule has 0 radical (unpaired) electrons. The number of rotatable bonds is 3. The second-order valence-corrected chi connectivity index (χ2v) is 6.34. The van der Waals surface area contributed by atoms with Gasteiger partial charge < -0.3 is 5.32 Å². The number of likely N-dealkylation sites (tertiary alicyclic amines) is 1. The SMILES string of the molecule is Cl.FC(F)(F)c1ccc(CN2CCC(N3CCNCC3)CC2)cn1. The third-order valence-corrected chi connectivity index (χ3v) is 4.75. The molecule has 2 fully saturated rings. The first-order valence-electron chi connectivity index (χ1n) is 8.21. The fraction of sp³-hybridized carbons (Fsp3) is 0.688. The van der Waals surface area contributed by atoms with Crippen LogP contribution in [0.4, 0.5) is 13.2 Å². The summed E-state index contributed by atoms with van der Waals surface area (Å²) in [4.78, 5) is 8.41. The number of aromatic nitrogens is 1. The lowest BCUT2D eigenvalue weighted by molar-refractivity contribution is -0.141. The number of nitrogens with one attached hydrogen (secondary N) is 1. The van der Waals surface area contributed by atoms with E-state index >= 15 is 0 Å². The highest BCUT2D eigenvalue weighted by Crippen LogP contribution is 2.27. The fourth-order valence-electron chi connectivity index (χ4n) is 3.43. The number of hydrogen-bond donors (Lipinski definition) is 1. The summed E-state index contributed by atoms with van der Waals surface area (Å²) in [6.07, 6.45) is -0.743. The van der Waals surface area contributed by atoms with Gasteiger partial charge in [0.1, 0.15) is 5.69 Å². The third kappa shape index (κ3) is 5.05. The fourth-order valence-corrected chi connectivity index (χ4v) is 3.43. The van der Waals surface area contributed by atoms with Crippen molar-refractivity contribution in [3.05, 3.63) is 29.6 Å². The quantitative estimate of drug-likeness (QED) is 0.892. The number of hydrogen-bond acceptors (Lipinski definition) is 4. The Morgan fingerprint density at radius 3 is 2.29 bits per heavy atom. The molecule has 0 saturated carbocycles. The largest absolute Gasteiger partial charge is 0.433 e. The van der Waals surface area contributed by atoms with E-state index in [0.717, 1.165) is 63.7 Å². The summed E-state index contributed by atoms with van der Waals surface area (Å²) in [5.41, 5.74) is 0.0253. The molecule has 0 aliphatic carbocycles. The van der Waals surface area contributed by atoms with Crippen molar-refractivity contribution >= 4 is 12.4 Å². The summed E-state index contributed by atoms with van der Waals surface area (Å²) in [6, 6.07) is 3.26. The van der Waals surface area contributed by atoms with Crippen molar-refractivity contribution in [2.24, 2.45) is 0 Å². The summed E-state index contributed by atoms with van der Waals surface area (Å²) in [7, 11) is 0. The van der Waals surface area contributed by atoms with E-state index in [4.69, 9.17) is 0 Å². The highest BCUT2D eigenvalue weighted by atomic mass is 35.5. The van der Waals surface area contributed by atoms with E-state index in [1.165, 1.54) is 12.3 Å². The molecule has 2 saturated heterocycles. The molecule has 0 unspecified atom stereocenters. The average molecular weight is 365 g/mol. The number of piperidine rings is 1. The monoisotopic (exact) mass is 364 g/mol. The van der Waals surface area contributed by atoms with Gasteiger partial charge in [-0.15, -0.1) is 12.4 Å². The van der Waals surface area contributed by atoms with Crippen LogP contribution in [0, 0.1) is 0 Å². The van der Waals surface area contributed by atoms with Crippen molar-refractivity contribution in [1.29, 1.82) is 0 Å². The second-order valence-electron chi connectivity index (χ2n) is 6.34. The van der Waals surface area contributed by atoms with E-state index in [1.807, 2.05) is 0 Å². The Hall–Kier alpha value is -0.890. The third-order valence-electron chi connectivity index (χ3n) is 4.75. The predicted molar refractivity (Wildman–Crippen MR) is 89.2 cm³/mol. The van der Waals surface area contributed by atoms with Gasteiger partial charge in [-0.2, -0.15) is 13.2 Å². The predicted octanol–water partition coefficient (Wildman–Crippen LogP) is 2.39. The van der Waals surface area contributed by atoms with Crippen molar-refractivity contribution in [1.82, 2.24) is 20.1 Å². The van der Waals surface area contributed by atoms with Crippen LogP contribution in [-0.4, -0.2) is 60.1 Å². The van der Waals surface area contributed by atoms with E-state index in [1.54, 1.807) is 0 Å². The van der Waals surface area contributed by atoms with E-state index < -0.39 is 11.9 Å². The van der Waals surface area contributed by atoms with Gasteiger partial charge in [0.25, 0.3) is 0 Å². The molecule has 2 aliphatic heterocycles. The number of halogens is 4. The molecule has 8 heteroatoms. The molecule has 1 aromatic heterocycles. The highest BCUT2D eigenvalue weighted by molar-refractivity contribution is 5.85. The van der Waals surface area contributed by atoms with Crippen LogP contribution < -0.4 is 5.32 Å². The topological polar surface area (TPSA) is 31.4 Å². The zero-order valence-electron chi connectivity index (χ0n) is 13.6. The molecular formula is C16H24ClF3N4. The van der Waals surface area contributed by atoms with Gasteiger partial charge in [-0.25, -0.2) is 0 Å². The van der Waals surface area contributed by atoms with Gasteiger partial charge in [0.2, 0.25) is 0 Å². The maximum absolute atomic E-state index is 12.5. The number of pyridine rings is 1. The zero-order valence-corrected chi connectivity index (χ0v) is 14.4. The summed E-state index contributed by atoms with van der Waals surface area (Å²) in [6.45, 7) is 7.04. The zero-order chi connectivity index (χ0) is 16.3. The van der Waals surface area contributed by atoms with Crippen LogP contribution in [0.2, 0.25) is 0 Å². The molecule has 24 heavy (non-hydrogen) atoms. The first kappa shape index (κ1) is 19.4.